The molecule has 182 valence electrons. The van der Waals surface area contributed by atoms with Crippen molar-refractivity contribution in [2.24, 2.45) is 5.73 Å². The van der Waals surface area contributed by atoms with Gasteiger partial charge in [-0.15, -0.1) is 0 Å². The first-order valence-corrected chi connectivity index (χ1v) is 13.1. The third-order valence-electron chi connectivity index (χ3n) is 6.15. The second kappa shape index (κ2) is 9.33. The Hall–Kier alpha value is -3.40. The first-order chi connectivity index (χ1) is 16.8. The fourth-order valence-electron chi connectivity index (χ4n) is 4.44. The number of ether oxygens (including phenoxy) is 4. The van der Waals surface area contributed by atoms with Crippen LogP contribution in [0.25, 0.3) is 11.1 Å². The maximum Gasteiger partial charge on any atom is 0.176 e. The van der Waals surface area contributed by atoms with Crippen LogP contribution in [0.15, 0.2) is 77.7 Å². The van der Waals surface area contributed by atoms with Crippen LogP contribution in [0.1, 0.15) is 5.56 Å². The van der Waals surface area contributed by atoms with E-state index >= 15 is 0 Å². The van der Waals surface area contributed by atoms with Gasteiger partial charge in [0.05, 0.1) is 18.1 Å². The minimum Gasteiger partial charge on any atom is -0.485 e. The largest absolute Gasteiger partial charge is 0.485 e. The van der Waals surface area contributed by atoms with E-state index in [9.17, 15) is 8.42 Å². The molecule has 0 amide bonds. The van der Waals surface area contributed by atoms with Gasteiger partial charge in [0.1, 0.15) is 29.5 Å². The zero-order valence-corrected chi connectivity index (χ0v) is 19.9. The summed E-state index contributed by atoms with van der Waals surface area (Å²) in [6, 6.07) is 21.3. The number of hydrogen-bond donors (Lipinski definition) is 2. The molecule has 2 saturated heterocycles. The van der Waals surface area contributed by atoms with Gasteiger partial charge in [0.2, 0.25) is 0 Å². The Bertz CT molecular complexity index is 1320. The Kier molecular flexibility index (Phi) is 6.22. The molecular weight excluding hydrogens is 468 g/mol. The molecule has 3 N–H and O–H groups in total. The van der Waals surface area contributed by atoms with Crippen LogP contribution in [0, 0.1) is 5.41 Å². The predicted molar refractivity (Wildman–Crippen MR) is 131 cm³/mol. The van der Waals surface area contributed by atoms with E-state index in [-0.39, 0.29) is 30.3 Å². The van der Waals surface area contributed by atoms with Gasteiger partial charge in [0, 0.05) is 17.4 Å². The second-order valence-corrected chi connectivity index (χ2v) is 10.6. The minimum absolute atomic E-state index is 0.00701. The molecule has 0 unspecified atom stereocenters. The average Bonchev–Trinajstić information content (AvgIpc) is 3.43. The number of sulfone groups is 1. The van der Waals surface area contributed by atoms with Crippen molar-refractivity contribution in [3.8, 4) is 22.6 Å². The monoisotopic (exact) mass is 494 g/mol. The van der Waals surface area contributed by atoms with Crippen LogP contribution in [0.3, 0.4) is 0 Å². The Morgan fingerprint density at radius 2 is 1.37 bits per heavy atom. The van der Waals surface area contributed by atoms with Crippen LogP contribution < -0.4 is 15.2 Å². The molecule has 0 bridgehead atoms. The summed E-state index contributed by atoms with van der Waals surface area (Å²) in [6.45, 7) is 0.752. The fourth-order valence-corrected chi connectivity index (χ4v) is 5.35. The molecular formula is C26H26N2O6S. The third-order valence-corrected chi connectivity index (χ3v) is 7.31. The van der Waals surface area contributed by atoms with Crippen molar-refractivity contribution in [2.75, 3.05) is 19.5 Å². The van der Waals surface area contributed by atoms with Crippen molar-refractivity contribution >= 4 is 15.7 Å². The van der Waals surface area contributed by atoms with Crippen molar-refractivity contribution in [2.45, 2.75) is 29.3 Å². The van der Waals surface area contributed by atoms with Gasteiger partial charge >= 0.3 is 0 Å². The van der Waals surface area contributed by atoms with Gasteiger partial charge in [-0.25, -0.2) is 8.42 Å². The van der Waals surface area contributed by atoms with E-state index in [0.29, 0.717) is 40.7 Å². The summed E-state index contributed by atoms with van der Waals surface area (Å²) in [5.41, 5.74) is 7.58. The predicted octanol–water partition coefficient (Wildman–Crippen LogP) is 3.03. The number of rotatable bonds is 7. The van der Waals surface area contributed by atoms with Gasteiger partial charge in [-0.05, 0) is 48.0 Å². The molecule has 2 fully saturated rings. The third kappa shape index (κ3) is 4.88. The number of nitrogens with two attached hydrogens (primary N) is 1. The first-order valence-electron chi connectivity index (χ1n) is 11.2. The molecule has 2 aliphatic heterocycles. The summed E-state index contributed by atoms with van der Waals surface area (Å²) in [5, 5.41) is 7.49. The van der Waals surface area contributed by atoms with Gasteiger partial charge in [-0.1, -0.05) is 30.3 Å². The summed E-state index contributed by atoms with van der Waals surface area (Å²) < 4.78 is 48.4. The van der Waals surface area contributed by atoms with Crippen LogP contribution in [0.4, 0.5) is 0 Å². The van der Waals surface area contributed by atoms with Crippen LogP contribution >= 0.6 is 0 Å². The Morgan fingerprint density at radius 1 is 0.857 bits per heavy atom. The molecule has 2 aliphatic rings. The van der Waals surface area contributed by atoms with E-state index in [1.165, 1.54) is 6.26 Å². The lowest BCUT2D eigenvalue weighted by Gasteiger charge is -2.19. The molecule has 0 spiro atoms. The van der Waals surface area contributed by atoms with Crippen molar-refractivity contribution in [1.29, 1.82) is 5.41 Å². The van der Waals surface area contributed by atoms with E-state index in [1.54, 1.807) is 42.5 Å². The molecule has 0 aliphatic carbocycles. The fraction of sp³-hybridized carbons (Fsp3) is 0.269. The van der Waals surface area contributed by atoms with Gasteiger partial charge in [0.25, 0.3) is 0 Å². The quantitative estimate of drug-likeness (QED) is 0.383. The lowest BCUT2D eigenvalue weighted by Crippen LogP contribution is -2.36. The van der Waals surface area contributed by atoms with Crippen molar-refractivity contribution in [3.63, 3.8) is 0 Å². The number of nitrogen functional groups attached to an aromatic ring is 1. The molecule has 35 heavy (non-hydrogen) atoms. The molecule has 2 heterocycles. The highest BCUT2D eigenvalue weighted by Crippen LogP contribution is 2.33. The number of nitrogens with one attached hydrogen (secondary N) is 1. The number of fused-ring (bicyclic) bond motifs is 1. The zero-order chi connectivity index (χ0) is 24.6. The Labute approximate surface area is 204 Å². The maximum atomic E-state index is 12.1. The lowest BCUT2D eigenvalue weighted by molar-refractivity contribution is 0.0181. The highest BCUT2D eigenvalue weighted by molar-refractivity contribution is 7.90. The highest BCUT2D eigenvalue weighted by Gasteiger charge is 2.50. The molecule has 5 rings (SSSR count). The molecule has 3 aromatic rings. The summed E-state index contributed by atoms with van der Waals surface area (Å²) in [5.74, 6) is 1.31. The summed E-state index contributed by atoms with van der Waals surface area (Å²) in [4.78, 5) is 0.294. The summed E-state index contributed by atoms with van der Waals surface area (Å²) in [7, 11) is -3.35. The standard InChI is InChI=1S/C26H26N2O6S/c1-35(29,30)23-5-3-2-4-20(23)16-6-10-18(11-7-16)33-21-14-31-25-22(15-32-24(21)25)34-19-12-8-17(9-13-19)26(27)28/h2-13,21-22,24-25H,14-15H2,1H3,(H3,27,28)/t21-,22+,24-,25-/m1/s1. The van der Waals surface area contributed by atoms with Crippen LogP contribution in [0.2, 0.25) is 0 Å². The molecule has 0 saturated carbocycles. The molecule has 4 atom stereocenters. The molecule has 8 nitrogen and oxygen atoms in total. The summed E-state index contributed by atoms with van der Waals surface area (Å²) >= 11 is 0. The molecule has 0 aromatic heterocycles. The highest BCUT2D eigenvalue weighted by atomic mass is 32.2. The number of benzene rings is 3. The SMILES string of the molecule is CS(=O)(=O)c1ccccc1-c1ccc(O[C@@H]2CO[C@H]3[C@@H]2OC[C@@H]3Oc2ccc(C(=N)N)cc2)cc1. The summed E-state index contributed by atoms with van der Waals surface area (Å²) in [6.07, 6.45) is 0.129. The van der Waals surface area contributed by atoms with Gasteiger partial charge in [-0.3, -0.25) is 5.41 Å². The van der Waals surface area contributed by atoms with Crippen molar-refractivity contribution < 1.29 is 27.4 Å². The van der Waals surface area contributed by atoms with E-state index in [1.807, 2.05) is 30.3 Å². The van der Waals surface area contributed by atoms with E-state index in [2.05, 4.69) is 0 Å². The van der Waals surface area contributed by atoms with Crippen molar-refractivity contribution in [1.82, 2.24) is 0 Å². The van der Waals surface area contributed by atoms with E-state index in [0.717, 1.165) is 5.56 Å². The molecule has 3 aromatic carbocycles. The van der Waals surface area contributed by atoms with Gasteiger partial charge in [-0.2, -0.15) is 0 Å². The second-order valence-electron chi connectivity index (χ2n) is 8.64. The van der Waals surface area contributed by atoms with Crippen LogP contribution in [-0.2, 0) is 19.3 Å². The Balaban J connectivity index is 1.24. The van der Waals surface area contributed by atoms with Gasteiger partial charge in [0.15, 0.2) is 22.0 Å². The topological polar surface area (TPSA) is 121 Å². The first kappa shape index (κ1) is 23.3. The minimum atomic E-state index is -3.35. The lowest BCUT2D eigenvalue weighted by atomic mass is 10.1. The maximum absolute atomic E-state index is 12.1. The smallest absolute Gasteiger partial charge is 0.176 e. The van der Waals surface area contributed by atoms with Crippen LogP contribution in [0.5, 0.6) is 11.5 Å². The Morgan fingerprint density at radius 3 is 1.89 bits per heavy atom. The van der Waals surface area contributed by atoms with Gasteiger partial charge < -0.3 is 24.7 Å². The zero-order valence-electron chi connectivity index (χ0n) is 19.1. The molecule has 9 heteroatoms. The van der Waals surface area contributed by atoms with E-state index in [4.69, 9.17) is 30.1 Å². The van der Waals surface area contributed by atoms with Crippen molar-refractivity contribution in [3.05, 3.63) is 78.4 Å². The number of amidine groups is 1. The van der Waals surface area contributed by atoms with E-state index < -0.39 is 9.84 Å². The normalized spacial score (nSPS) is 23.6. The molecule has 0 radical (unpaired) electrons. The number of hydrogen-bond acceptors (Lipinski definition) is 7. The average molecular weight is 495 g/mol. The van der Waals surface area contributed by atoms with Crippen LogP contribution in [-0.4, -0.2) is 58.1 Å².